The molecule has 0 amide bonds. The highest BCUT2D eigenvalue weighted by molar-refractivity contribution is 7.16. The van der Waals surface area contributed by atoms with Crippen LogP contribution in [0.4, 0.5) is 5.69 Å². The molecule has 2 aromatic rings. The molecule has 0 spiro atoms. The summed E-state index contributed by atoms with van der Waals surface area (Å²) in [6.45, 7) is 1.45. The Morgan fingerprint density at radius 2 is 2.53 bits per heavy atom. The lowest BCUT2D eigenvalue weighted by molar-refractivity contribution is 0.183. The van der Waals surface area contributed by atoms with Crippen LogP contribution < -0.4 is 5.32 Å². The molecule has 3 rings (SSSR count). The number of methoxy groups -OCH3 is 1. The highest BCUT2D eigenvalue weighted by Crippen LogP contribution is 2.40. The molecule has 0 saturated heterocycles. The minimum atomic E-state index is 0.360. The van der Waals surface area contributed by atoms with Gasteiger partial charge in [0, 0.05) is 18.2 Å². The standard InChI is InChI=1S/C13H16ClN3OS/c1-18-5-4-17-8-9(7-15-17)16-11-2-3-12-10(11)6-13(14)19-12/h6-8,11,16H,2-5H2,1H3. The molecule has 0 radical (unpaired) electrons. The van der Waals surface area contributed by atoms with E-state index in [9.17, 15) is 0 Å². The van der Waals surface area contributed by atoms with Crippen LogP contribution in [0.2, 0.25) is 4.34 Å². The normalized spacial score (nSPS) is 17.7. The van der Waals surface area contributed by atoms with Gasteiger partial charge in [0.25, 0.3) is 0 Å². The van der Waals surface area contributed by atoms with E-state index in [2.05, 4.69) is 16.5 Å². The quantitative estimate of drug-likeness (QED) is 0.920. The molecule has 19 heavy (non-hydrogen) atoms. The van der Waals surface area contributed by atoms with Crippen LogP contribution in [0.5, 0.6) is 0 Å². The van der Waals surface area contributed by atoms with Gasteiger partial charge in [0.1, 0.15) is 0 Å². The lowest BCUT2D eigenvalue weighted by Crippen LogP contribution is -2.06. The molecule has 1 N–H and O–H groups in total. The molecule has 0 saturated carbocycles. The molecule has 1 unspecified atom stereocenters. The van der Waals surface area contributed by atoms with E-state index in [1.54, 1.807) is 18.4 Å². The summed E-state index contributed by atoms with van der Waals surface area (Å²) in [6, 6.07) is 2.44. The summed E-state index contributed by atoms with van der Waals surface area (Å²) < 4.78 is 7.82. The average molecular weight is 298 g/mol. The summed E-state index contributed by atoms with van der Waals surface area (Å²) in [5.41, 5.74) is 2.40. The molecule has 0 bridgehead atoms. The fraction of sp³-hybridized carbons (Fsp3) is 0.462. The third-order valence-electron chi connectivity index (χ3n) is 3.35. The van der Waals surface area contributed by atoms with Crippen LogP contribution in [0.15, 0.2) is 18.5 Å². The van der Waals surface area contributed by atoms with Gasteiger partial charge in [0.2, 0.25) is 0 Å². The fourth-order valence-corrected chi connectivity index (χ4v) is 3.78. The highest BCUT2D eigenvalue weighted by Gasteiger charge is 2.25. The Balaban J connectivity index is 1.67. The molecule has 2 heterocycles. The van der Waals surface area contributed by atoms with Crippen molar-refractivity contribution in [2.45, 2.75) is 25.4 Å². The van der Waals surface area contributed by atoms with Crippen molar-refractivity contribution in [3.63, 3.8) is 0 Å². The van der Waals surface area contributed by atoms with E-state index < -0.39 is 0 Å². The Labute approximate surface area is 121 Å². The summed E-state index contributed by atoms with van der Waals surface area (Å²) >= 11 is 7.76. The molecular weight excluding hydrogens is 282 g/mol. The van der Waals surface area contributed by atoms with Crippen molar-refractivity contribution < 1.29 is 4.74 Å². The maximum atomic E-state index is 6.07. The van der Waals surface area contributed by atoms with Crippen molar-refractivity contribution in [3.8, 4) is 0 Å². The second-order valence-electron chi connectivity index (χ2n) is 4.65. The number of rotatable bonds is 5. The van der Waals surface area contributed by atoms with Gasteiger partial charge >= 0.3 is 0 Å². The number of aromatic nitrogens is 2. The Bertz CT molecular complexity index is 566. The van der Waals surface area contributed by atoms with Gasteiger partial charge in [-0.05, 0) is 24.5 Å². The molecule has 0 fully saturated rings. The summed E-state index contributed by atoms with van der Waals surface area (Å²) in [5.74, 6) is 0. The number of aryl methyl sites for hydroxylation is 1. The first kappa shape index (κ1) is 13.0. The topological polar surface area (TPSA) is 39.1 Å². The minimum Gasteiger partial charge on any atom is -0.383 e. The molecular formula is C13H16ClN3OS. The van der Waals surface area contributed by atoms with Crippen LogP contribution in [-0.2, 0) is 17.7 Å². The fourth-order valence-electron chi connectivity index (χ4n) is 2.43. The Morgan fingerprint density at radius 1 is 1.63 bits per heavy atom. The first-order valence-electron chi connectivity index (χ1n) is 6.32. The largest absolute Gasteiger partial charge is 0.383 e. The van der Waals surface area contributed by atoms with Gasteiger partial charge in [-0.2, -0.15) is 5.10 Å². The van der Waals surface area contributed by atoms with Crippen LogP contribution >= 0.6 is 22.9 Å². The molecule has 1 atom stereocenters. The van der Waals surface area contributed by atoms with E-state index in [-0.39, 0.29) is 0 Å². The number of nitrogens with zero attached hydrogens (tertiary/aromatic N) is 2. The van der Waals surface area contributed by atoms with Crippen molar-refractivity contribution in [2.24, 2.45) is 0 Å². The number of anilines is 1. The SMILES string of the molecule is COCCn1cc(NC2CCc3sc(Cl)cc32)cn1. The van der Waals surface area contributed by atoms with Gasteiger partial charge in [-0.15, -0.1) is 11.3 Å². The number of halogens is 1. The van der Waals surface area contributed by atoms with E-state index in [0.717, 1.165) is 29.4 Å². The summed E-state index contributed by atoms with van der Waals surface area (Å²) in [5, 5.41) is 7.84. The lowest BCUT2D eigenvalue weighted by atomic mass is 10.2. The molecule has 0 aromatic carbocycles. The molecule has 102 valence electrons. The predicted octanol–water partition coefficient (Wildman–Crippen LogP) is 3.34. The third kappa shape index (κ3) is 2.78. The van der Waals surface area contributed by atoms with Crippen LogP contribution in [0.1, 0.15) is 22.9 Å². The molecule has 1 aliphatic carbocycles. The van der Waals surface area contributed by atoms with Gasteiger partial charge in [-0.3, -0.25) is 4.68 Å². The van der Waals surface area contributed by atoms with Crippen LogP contribution in [0.3, 0.4) is 0 Å². The summed E-state index contributed by atoms with van der Waals surface area (Å²) in [7, 11) is 1.70. The molecule has 6 heteroatoms. The van der Waals surface area contributed by atoms with Crippen molar-refractivity contribution in [3.05, 3.63) is 33.2 Å². The first-order chi connectivity index (χ1) is 9.26. The number of thiophene rings is 1. The van der Waals surface area contributed by atoms with Gasteiger partial charge in [-0.1, -0.05) is 11.6 Å². The van der Waals surface area contributed by atoms with Crippen molar-refractivity contribution in [1.29, 1.82) is 0 Å². The van der Waals surface area contributed by atoms with Crippen LogP contribution in [0, 0.1) is 0 Å². The number of hydrogen-bond acceptors (Lipinski definition) is 4. The zero-order valence-corrected chi connectivity index (χ0v) is 12.3. The minimum absolute atomic E-state index is 0.360. The highest BCUT2D eigenvalue weighted by atomic mass is 35.5. The third-order valence-corrected chi connectivity index (χ3v) is 4.69. The van der Waals surface area contributed by atoms with E-state index >= 15 is 0 Å². The zero-order valence-electron chi connectivity index (χ0n) is 10.7. The van der Waals surface area contributed by atoms with E-state index in [1.165, 1.54) is 10.4 Å². The van der Waals surface area contributed by atoms with Gasteiger partial charge < -0.3 is 10.1 Å². The van der Waals surface area contributed by atoms with E-state index in [1.807, 2.05) is 17.1 Å². The van der Waals surface area contributed by atoms with E-state index in [0.29, 0.717) is 12.6 Å². The van der Waals surface area contributed by atoms with Gasteiger partial charge in [-0.25, -0.2) is 0 Å². The Kier molecular flexibility index (Phi) is 3.77. The number of fused-ring (bicyclic) bond motifs is 1. The Hall–Kier alpha value is -1.04. The van der Waals surface area contributed by atoms with E-state index in [4.69, 9.17) is 16.3 Å². The van der Waals surface area contributed by atoms with Crippen molar-refractivity contribution in [2.75, 3.05) is 19.0 Å². The monoisotopic (exact) mass is 297 g/mol. The van der Waals surface area contributed by atoms with Gasteiger partial charge in [0.05, 0.1) is 35.4 Å². The second kappa shape index (κ2) is 5.53. The van der Waals surface area contributed by atoms with Crippen molar-refractivity contribution >= 4 is 28.6 Å². The Morgan fingerprint density at radius 3 is 3.37 bits per heavy atom. The van der Waals surface area contributed by atoms with Crippen LogP contribution in [0.25, 0.3) is 0 Å². The lowest BCUT2D eigenvalue weighted by Gasteiger charge is -2.12. The first-order valence-corrected chi connectivity index (χ1v) is 7.52. The molecule has 1 aliphatic rings. The number of nitrogens with one attached hydrogen (secondary N) is 1. The molecule has 2 aromatic heterocycles. The predicted molar refractivity (Wildman–Crippen MR) is 78.1 cm³/mol. The van der Waals surface area contributed by atoms with Gasteiger partial charge in [0.15, 0.2) is 0 Å². The molecule has 0 aliphatic heterocycles. The number of hydrogen-bond donors (Lipinski definition) is 1. The molecule has 4 nitrogen and oxygen atoms in total. The summed E-state index contributed by atoms with van der Waals surface area (Å²) in [6.07, 6.45) is 6.12. The second-order valence-corrected chi connectivity index (χ2v) is 6.42. The number of ether oxygens (including phenoxy) is 1. The van der Waals surface area contributed by atoms with Crippen LogP contribution in [-0.4, -0.2) is 23.5 Å². The average Bonchev–Trinajstić information content (AvgIpc) is 3.05. The smallest absolute Gasteiger partial charge is 0.0934 e. The maximum Gasteiger partial charge on any atom is 0.0934 e. The zero-order chi connectivity index (χ0) is 13.2. The van der Waals surface area contributed by atoms with Crippen molar-refractivity contribution in [1.82, 2.24) is 9.78 Å². The summed E-state index contributed by atoms with van der Waals surface area (Å²) in [4.78, 5) is 1.41. The maximum absolute atomic E-state index is 6.07.